The maximum absolute atomic E-state index is 11.7. The number of halogens is 2. The Balaban J connectivity index is 3.54. The standard InChI is InChI=1S/C13H15Cl2NO3/c1-8(2)16(7-17)13(3,12(18)19)9-5-4-6-10(14)11(9)15/h4-8H,1-3H3,(H,18,19). The second-order valence-electron chi connectivity index (χ2n) is 4.59. The van der Waals surface area contributed by atoms with E-state index in [2.05, 4.69) is 0 Å². The van der Waals surface area contributed by atoms with E-state index in [-0.39, 0.29) is 21.7 Å². The number of aliphatic carboxylic acids is 1. The highest BCUT2D eigenvalue weighted by Gasteiger charge is 2.44. The van der Waals surface area contributed by atoms with Crippen LogP contribution in [0.5, 0.6) is 0 Å². The van der Waals surface area contributed by atoms with Crippen molar-refractivity contribution >= 4 is 35.6 Å². The number of hydrogen-bond donors (Lipinski definition) is 1. The van der Waals surface area contributed by atoms with Gasteiger partial charge in [0, 0.05) is 11.6 Å². The molecular formula is C13H15Cl2NO3. The Labute approximate surface area is 121 Å². The second-order valence-corrected chi connectivity index (χ2v) is 5.37. The number of amides is 1. The van der Waals surface area contributed by atoms with E-state index in [0.29, 0.717) is 6.41 Å². The molecule has 104 valence electrons. The van der Waals surface area contributed by atoms with E-state index in [1.807, 2.05) is 0 Å². The predicted molar refractivity (Wildman–Crippen MR) is 74.5 cm³/mol. The van der Waals surface area contributed by atoms with E-state index in [1.54, 1.807) is 32.0 Å². The Morgan fingerprint density at radius 3 is 2.42 bits per heavy atom. The van der Waals surface area contributed by atoms with Crippen molar-refractivity contribution in [3.8, 4) is 0 Å². The third kappa shape index (κ3) is 2.69. The van der Waals surface area contributed by atoms with Gasteiger partial charge >= 0.3 is 5.97 Å². The minimum atomic E-state index is -1.57. The van der Waals surface area contributed by atoms with Gasteiger partial charge in [-0.2, -0.15) is 0 Å². The molecule has 6 heteroatoms. The molecular weight excluding hydrogens is 289 g/mol. The minimum absolute atomic E-state index is 0.140. The van der Waals surface area contributed by atoms with Crippen LogP contribution in [0.1, 0.15) is 26.3 Å². The molecule has 0 saturated heterocycles. The summed E-state index contributed by atoms with van der Waals surface area (Å²) in [6.45, 7) is 4.89. The SMILES string of the molecule is CC(C)N(C=O)C(C)(C(=O)O)c1cccc(Cl)c1Cl. The molecule has 1 N–H and O–H groups in total. The molecule has 0 aliphatic carbocycles. The number of carboxylic acid groups (broad SMARTS) is 1. The van der Waals surface area contributed by atoms with Gasteiger partial charge < -0.3 is 10.0 Å². The van der Waals surface area contributed by atoms with Gasteiger partial charge in [0.2, 0.25) is 6.41 Å². The summed E-state index contributed by atoms with van der Waals surface area (Å²) in [4.78, 5) is 24.1. The number of benzene rings is 1. The van der Waals surface area contributed by atoms with E-state index in [0.717, 1.165) is 0 Å². The van der Waals surface area contributed by atoms with Gasteiger partial charge in [-0.25, -0.2) is 4.79 Å². The first kappa shape index (κ1) is 15.8. The number of nitrogens with zero attached hydrogens (tertiary/aromatic N) is 1. The summed E-state index contributed by atoms with van der Waals surface area (Å²) in [7, 11) is 0. The smallest absolute Gasteiger partial charge is 0.334 e. The predicted octanol–water partition coefficient (Wildman–Crippen LogP) is 3.16. The zero-order chi connectivity index (χ0) is 14.8. The van der Waals surface area contributed by atoms with E-state index in [1.165, 1.54) is 11.8 Å². The molecule has 0 aromatic heterocycles. The van der Waals surface area contributed by atoms with Crippen LogP contribution in [-0.4, -0.2) is 28.4 Å². The zero-order valence-electron chi connectivity index (χ0n) is 10.9. The number of hydrogen-bond acceptors (Lipinski definition) is 2. The zero-order valence-corrected chi connectivity index (χ0v) is 12.4. The molecule has 1 aromatic rings. The van der Waals surface area contributed by atoms with Crippen molar-refractivity contribution in [2.75, 3.05) is 0 Å². The summed E-state index contributed by atoms with van der Waals surface area (Å²) in [6, 6.07) is 4.43. The molecule has 0 radical (unpaired) electrons. The summed E-state index contributed by atoms with van der Waals surface area (Å²) in [6.07, 6.45) is 0.510. The molecule has 19 heavy (non-hydrogen) atoms. The van der Waals surface area contributed by atoms with Crippen LogP contribution in [0.4, 0.5) is 0 Å². The monoisotopic (exact) mass is 303 g/mol. The topological polar surface area (TPSA) is 57.6 Å². The number of carboxylic acids is 1. The van der Waals surface area contributed by atoms with Gasteiger partial charge in [0.1, 0.15) is 0 Å². The van der Waals surface area contributed by atoms with Crippen molar-refractivity contribution < 1.29 is 14.7 Å². The van der Waals surface area contributed by atoms with E-state index in [4.69, 9.17) is 23.2 Å². The minimum Gasteiger partial charge on any atom is -0.479 e. The third-order valence-electron chi connectivity index (χ3n) is 3.08. The summed E-state index contributed by atoms with van der Waals surface area (Å²) >= 11 is 12.0. The van der Waals surface area contributed by atoms with Gasteiger partial charge in [-0.15, -0.1) is 0 Å². The van der Waals surface area contributed by atoms with Crippen LogP contribution in [-0.2, 0) is 15.1 Å². The molecule has 0 bridgehead atoms. The highest BCUT2D eigenvalue weighted by molar-refractivity contribution is 6.42. The molecule has 0 heterocycles. The Bertz CT molecular complexity index is 505. The van der Waals surface area contributed by atoms with Crippen LogP contribution in [0.2, 0.25) is 10.0 Å². The quantitative estimate of drug-likeness (QED) is 0.850. The fourth-order valence-electron chi connectivity index (χ4n) is 1.99. The van der Waals surface area contributed by atoms with Crippen LogP contribution in [0, 0.1) is 0 Å². The van der Waals surface area contributed by atoms with Crippen molar-refractivity contribution in [2.45, 2.75) is 32.4 Å². The lowest BCUT2D eigenvalue weighted by molar-refractivity contribution is -0.156. The van der Waals surface area contributed by atoms with E-state index < -0.39 is 11.5 Å². The summed E-state index contributed by atoms with van der Waals surface area (Å²) in [5.74, 6) is -1.17. The molecule has 1 atom stereocenters. The van der Waals surface area contributed by atoms with Crippen molar-refractivity contribution in [3.05, 3.63) is 33.8 Å². The number of carbonyl (C=O) groups excluding carboxylic acids is 1. The van der Waals surface area contributed by atoms with Crippen molar-refractivity contribution in [1.29, 1.82) is 0 Å². The molecule has 1 amide bonds. The van der Waals surface area contributed by atoms with Crippen LogP contribution in [0.3, 0.4) is 0 Å². The summed E-state index contributed by atoms with van der Waals surface area (Å²) in [5, 5.41) is 9.94. The highest BCUT2D eigenvalue weighted by Crippen LogP contribution is 2.37. The van der Waals surface area contributed by atoms with Gasteiger partial charge in [0.25, 0.3) is 0 Å². The summed E-state index contributed by atoms with van der Waals surface area (Å²) < 4.78 is 0. The average Bonchev–Trinajstić information content (AvgIpc) is 2.32. The third-order valence-corrected chi connectivity index (χ3v) is 3.90. The molecule has 0 saturated carbocycles. The molecule has 0 spiro atoms. The lowest BCUT2D eigenvalue weighted by Gasteiger charge is -2.38. The Morgan fingerprint density at radius 1 is 1.42 bits per heavy atom. The normalized spacial score (nSPS) is 14.0. The first-order chi connectivity index (χ1) is 8.76. The Kier molecular flexibility index (Phi) is 4.82. The van der Waals surface area contributed by atoms with Crippen molar-refractivity contribution in [1.82, 2.24) is 4.90 Å². The first-order valence-corrected chi connectivity index (χ1v) is 6.44. The highest BCUT2D eigenvalue weighted by atomic mass is 35.5. The average molecular weight is 304 g/mol. The lowest BCUT2D eigenvalue weighted by atomic mass is 9.89. The number of carbonyl (C=O) groups is 2. The second kappa shape index (κ2) is 5.80. The molecule has 0 fully saturated rings. The Hall–Kier alpha value is -1.26. The molecule has 4 nitrogen and oxygen atoms in total. The molecule has 1 rings (SSSR count). The van der Waals surface area contributed by atoms with Crippen LogP contribution in [0.25, 0.3) is 0 Å². The number of rotatable bonds is 5. The molecule has 1 aromatic carbocycles. The van der Waals surface area contributed by atoms with Crippen molar-refractivity contribution in [2.24, 2.45) is 0 Å². The van der Waals surface area contributed by atoms with E-state index >= 15 is 0 Å². The van der Waals surface area contributed by atoms with Crippen molar-refractivity contribution in [3.63, 3.8) is 0 Å². The molecule has 0 aliphatic rings. The van der Waals surface area contributed by atoms with E-state index in [9.17, 15) is 14.7 Å². The first-order valence-electron chi connectivity index (χ1n) is 5.68. The lowest BCUT2D eigenvalue weighted by Crippen LogP contribution is -2.52. The maximum Gasteiger partial charge on any atom is 0.334 e. The van der Waals surface area contributed by atoms with Gasteiger partial charge in [-0.05, 0) is 26.8 Å². The fourth-order valence-corrected chi connectivity index (χ4v) is 2.47. The molecule has 0 aliphatic heterocycles. The molecule has 1 unspecified atom stereocenters. The Morgan fingerprint density at radius 2 is 2.00 bits per heavy atom. The van der Waals surface area contributed by atoms with Crippen LogP contribution >= 0.6 is 23.2 Å². The largest absolute Gasteiger partial charge is 0.479 e. The van der Waals surface area contributed by atoms with Gasteiger partial charge in [-0.3, -0.25) is 4.79 Å². The van der Waals surface area contributed by atoms with Gasteiger partial charge in [0.15, 0.2) is 5.54 Å². The fraction of sp³-hybridized carbons (Fsp3) is 0.385. The van der Waals surface area contributed by atoms with Gasteiger partial charge in [-0.1, -0.05) is 35.3 Å². The van der Waals surface area contributed by atoms with Gasteiger partial charge in [0.05, 0.1) is 10.0 Å². The van der Waals surface area contributed by atoms with Crippen LogP contribution in [0.15, 0.2) is 18.2 Å². The maximum atomic E-state index is 11.7. The van der Waals surface area contributed by atoms with Crippen LogP contribution < -0.4 is 0 Å². The summed E-state index contributed by atoms with van der Waals surface area (Å²) in [5.41, 5.74) is -1.28.